The third-order valence-corrected chi connectivity index (χ3v) is 3.11. The molecule has 0 atom stereocenters. The maximum atomic E-state index is 4.03. The summed E-state index contributed by atoms with van der Waals surface area (Å²) in [4.78, 5) is 0. The lowest BCUT2D eigenvalue weighted by Crippen LogP contribution is -1.93. The molecule has 8 heteroatoms. The summed E-state index contributed by atoms with van der Waals surface area (Å²) >= 11 is 4.76. The van der Waals surface area contributed by atoms with E-state index in [4.69, 9.17) is 0 Å². The maximum Gasteiger partial charge on any atom is 0.205 e. The van der Waals surface area contributed by atoms with E-state index in [2.05, 4.69) is 41.8 Å². The van der Waals surface area contributed by atoms with Gasteiger partial charge in [-0.3, -0.25) is 0 Å². The summed E-state index contributed by atoms with van der Waals surface area (Å²) in [5, 5.41) is 20.2. The van der Waals surface area contributed by atoms with Crippen LogP contribution >= 0.6 is 27.3 Å². The molecule has 0 amide bonds. The molecule has 0 aliphatic rings. The summed E-state index contributed by atoms with van der Waals surface area (Å²) in [6, 6.07) is 0. The van der Waals surface area contributed by atoms with Gasteiger partial charge in [-0.25, -0.2) is 4.68 Å². The van der Waals surface area contributed by atoms with Gasteiger partial charge in [-0.1, -0.05) is 16.6 Å². The van der Waals surface area contributed by atoms with Crippen LogP contribution in [0.15, 0.2) is 4.60 Å². The molecule has 2 rings (SSSR count). The Labute approximate surface area is 92.5 Å². The van der Waals surface area contributed by atoms with Gasteiger partial charge in [-0.15, -0.1) is 15.3 Å². The molecule has 2 heterocycles. The number of aromatic nitrogens is 5. The average Bonchev–Trinajstić information content (AvgIpc) is 2.73. The minimum atomic E-state index is 0.679. The first-order chi connectivity index (χ1) is 6.72. The molecule has 0 fully saturated rings. The van der Waals surface area contributed by atoms with E-state index in [1.54, 1.807) is 11.7 Å². The zero-order valence-electron chi connectivity index (χ0n) is 7.52. The second kappa shape index (κ2) is 3.62. The number of rotatable bonds is 2. The molecular weight excluding hydrogens is 268 g/mol. The molecule has 1 N–H and O–H groups in total. The first kappa shape index (κ1) is 9.53. The van der Waals surface area contributed by atoms with Crippen molar-refractivity contribution in [2.24, 2.45) is 7.05 Å². The van der Waals surface area contributed by atoms with Crippen LogP contribution in [0.3, 0.4) is 0 Å². The van der Waals surface area contributed by atoms with Gasteiger partial charge in [-0.05, 0) is 15.9 Å². The van der Waals surface area contributed by atoms with Gasteiger partial charge in [0.05, 0.1) is 0 Å². The fourth-order valence-corrected chi connectivity index (χ4v) is 2.40. The van der Waals surface area contributed by atoms with Crippen LogP contribution in [0.5, 0.6) is 0 Å². The zero-order valence-corrected chi connectivity index (χ0v) is 9.92. The standard InChI is InChI=1S/C6H7BrN6S/c1-8-6-11-10-5(14-6)3-4(7)9-12-13(3)2/h1-2H3,(H,8,11). The van der Waals surface area contributed by atoms with E-state index in [0.717, 1.165) is 15.8 Å². The van der Waals surface area contributed by atoms with E-state index >= 15 is 0 Å². The molecule has 0 bridgehead atoms. The maximum absolute atomic E-state index is 4.03. The Morgan fingerprint density at radius 3 is 2.64 bits per heavy atom. The Morgan fingerprint density at radius 2 is 2.14 bits per heavy atom. The van der Waals surface area contributed by atoms with Crippen molar-refractivity contribution < 1.29 is 0 Å². The second-order valence-electron chi connectivity index (χ2n) is 2.51. The molecular formula is C6H7BrN6S. The quantitative estimate of drug-likeness (QED) is 0.890. The van der Waals surface area contributed by atoms with Crippen LogP contribution in [0.4, 0.5) is 5.13 Å². The topological polar surface area (TPSA) is 68.5 Å². The molecule has 0 unspecified atom stereocenters. The van der Waals surface area contributed by atoms with Crippen LogP contribution in [0.25, 0.3) is 10.7 Å². The van der Waals surface area contributed by atoms with Gasteiger partial charge in [0.1, 0.15) is 5.69 Å². The van der Waals surface area contributed by atoms with E-state index in [1.165, 1.54) is 11.3 Å². The summed E-state index contributed by atoms with van der Waals surface area (Å²) < 4.78 is 2.34. The zero-order chi connectivity index (χ0) is 10.1. The summed E-state index contributed by atoms with van der Waals surface area (Å²) in [7, 11) is 3.62. The van der Waals surface area contributed by atoms with Crippen molar-refractivity contribution in [3.8, 4) is 10.7 Å². The van der Waals surface area contributed by atoms with Crippen LogP contribution in [0.2, 0.25) is 0 Å². The van der Waals surface area contributed by atoms with Gasteiger partial charge in [0.2, 0.25) is 5.13 Å². The highest BCUT2D eigenvalue weighted by Gasteiger charge is 2.14. The van der Waals surface area contributed by atoms with Gasteiger partial charge in [0, 0.05) is 14.1 Å². The number of hydrogen-bond acceptors (Lipinski definition) is 6. The normalized spacial score (nSPS) is 10.5. The SMILES string of the molecule is CNc1nnc(-c2c(Br)nnn2C)s1. The number of nitrogens with zero attached hydrogens (tertiary/aromatic N) is 5. The molecule has 74 valence electrons. The van der Waals surface area contributed by atoms with Gasteiger partial charge in [0.25, 0.3) is 0 Å². The van der Waals surface area contributed by atoms with Crippen LogP contribution in [-0.4, -0.2) is 32.2 Å². The molecule has 0 aliphatic heterocycles. The first-order valence-corrected chi connectivity index (χ1v) is 5.40. The Hall–Kier alpha value is -1.02. The van der Waals surface area contributed by atoms with Crippen LogP contribution in [0.1, 0.15) is 0 Å². The van der Waals surface area contributed by atoms with Gasteiger partial charge in [0.15, 0.2) is 9.61 Å². The van der Waals surface area contributed by atoms with Crippen molar-refractivity contribution in [1.29, 1.82) is 0 Å². The summed E-state index contributed by atoms with van der Waals surface area (Å²) in [6.07, 6.45) is 0. The highest BCUT2D eigenvalue weighted by molar-refractivity contribution is 9.10. The highest BCUT2D eigenvalue weighted by atomic mass is 79.9. The predicted octanol–water partition coefficient (Wildman–Crippen LogP) is 1.14. The molecule has 0 aliphatic carbocycles. The van der Waals surface area contributed by atoms with Crippen LogP contribution in [0, 0.1) is 0 Å². The third kappa shape index (κ3) is 1.50. The lowest BCUT2D eigenvalue weighted by Gasteiger charge is -1.93. The molecule has 6 nitrogen and oxygen atoms in total. The molecule has 0 saturated heterocycles. The second-order valence-corrected chi connectivity index (χ2v) is 4.24. The molecule has 0 aromatic carbocycles. The van der Waals surface area contributed by atoms with E-state index in [1.807, 2.05) is 7.05 Å². The number of anilines is 1. The first-order valence-electron chi connectivity index (χ1n) is 3.79. The van der Waals surface area contributed by atoms with E-state index in [0.29, 0.717) is 4.60 Å². The smallest absolute Gasteiger partial charge is 0.205 e. The van der Waals surface area contributed by atoms with Crippen molar-refractivity contribution in [1.82, 2.24) is 25.2 Å². The molecule has 2 aromatic rings. The monoisotopic (exact) mass is 274 g/mol. The Kier molecular flexibility index (Phi) is 2.46. The largest absolute Gasteiger partial charge is 0.363 e. The van der Waals surface area contributed by atoms with Crippen molar-refractivity contribution in [3.05, 3.63) is 4.60 Å². The van der Waals surface area contributed by atoms with Gasteiger partial charge < -0.3 is 5.32 Å². The molecule has 0 spiro atoms. The molecule has 0 radical (unpaired) electrons. The minimum absolute atomic E-state index is 0.679. The fraction of sp³-hybridized carbons (Fsp3) is 0.333. The number of hydrogen-bond donors (Lipinski definition) is 1. The number of nitrogens with one attached hydrogen (secondary N) is 1. The van der Waals surface area contributed by atoms with Gasteiger partial charge in [-0.2, -0.15) is 0 Å². The van der Waals surface area contributed by atoms with Crippen molar-refractivity contribution in [2.45, 2.75) is 0 Å². The number of aryl methyl sites for hydroxylation is 1. The lowest BCUT2D eigenvalue weighted by molar-refractivity contribution is 0.719. The van der Waals surface area contributed by atoms with E-state index < -0.39 is 0 Å². The fourth-order valence-electron chi connectivity index (χ4n) is 0.979. The van der Waals surface area contributed by atoms with Crippen molar-refractivity contribution in [2.75, 3.05) is 12.4 Å². The highest BCUT2D eigenvalue weighted by Crippen LogP contribution is 2.29. The van der Waals surface area contributed by atoms with Crippen molar-refractivity contribution in [3.63, 3.8) is 0 Å². The van der Waals surface area contributed by atoms with Crippen LogP contribution < -0.4 is 5.32 Å². The number of halogens is 1. The predicted molar refractivity (Wildman–Crippen MR) is 57.2 cm³/mol. The Morgan fingerprint density at radius 1 is 1.36 bits per heavy atom. The van der Waals surface area contributed by atoms with Gasteiger partial charge >= 0.3 is 0 Å². The van der Waals surface area contributed by atoms with Crippen LogP contribution in [-0.2, 0) is 7.05 Å². The molecule has 2 aromatic heterocycles. The summed E-state index contributed by atoms with van der Waals surface area (Å²) in [5.74, 6) is 0. The van der Waals surface area contributed by atoms with E-state index in [9.17, 15) is 0 Å². The molecule has 0 saturated carbocycles. The Balaban J connectivity index is 2.48. The Bertz CT molecular complexity index is 429. The summed E-state index contributed by atoms with van der Waals surface area (Å²) in [6.45, 7) is 0. The minimum Gasteiger partial charge on any atom is -0.363 e. The summed E-state index contributed by atoms with van der Waals surface area (Å²) in [5.41, 5.74) is 0.837. The lowest BCUT2D eigenvalue weighted by atomic mass is 10.5. The molecule has 14 heavy (non-hydrogen) atoms. The average molecular weight is 275 g/mol. The van der Waals surface area contributed by atoms with E-state index in [-0.39, 0.29) is 0 Å². The van der Waals surface area contributed by atoms with Crippen molar-refractivity contribution >= 4 is 32.4 Å². The third-order valence-electron chi connectivity index (χ3n) is 1.63.